The summed E-state index contributed by atoms with van der Waals surface area (Å²) < 4.78 is 5.53. The molecule has 1 aliphatic heterocycles. The van der Waals surface area contributed by atoms with Crippen LogP contribution in [0, 0.1) is 0 Å². The van der Waals surface area contributed by atoms with Crippen LogP contribution in [0.4, 0.5) is 17.3 Å². The monoisotopic (exact) mass is 237 g/mol. The highest BCUT2D eigenvalue weighted by Crippen LogP contribution is 2.22. The summed E-state index contributed by atoms with van der Waals surface area (Å²) in [5, 5.41) is 6.31. The fraction of sp³-hybridized carbons (Fsp3) is 0.636. The summed E-state index contributed by atoms with van der Waals surface area (Å²) in [6.07, 6.45) is 4.00. The van der Waals surface area contributed by atoms with Crippen molar-refractivity contribution in [2.24, 2.45) is 0 Å². The molecule has 1 saturated heterocycles. The van der Waals surface area contributed by atoms with Gasteiger partial charge in [-0.15, -0.1) is 0 Å². The molecule has 0 bridgehead atoms. The van der Waals surface area contributed by atoms with Crippen molar-refractivity contribution in [3.05, 3.63) is 6.33 Å². The average molecular weight is 237 g/mol. The topological polar surface area (TPSA) is 85.1 Å². The molecule has 1 fully saturated rings. The number of nitrogens with zero attached hydrogens (tertiary/aromatic N) is 2. The molecule has 2 rings (SSSR count). The van der Waals surface area contributed by atoms with E-state index in [0.29, 0.717) is 17.3 Å². The second-order valence-electron chi connectivity index (χ2n) is 4.03. The number of hydrogen-bond acceptors (Lipinski definition) is 6. The SMILES string of the molecule is CCNc1ncnc(NCC2CCCO2)c1N. The number of nitrogens with two attached hydrogens (primary N) is 1. The molecule has 0 aromatic carbocycles. The zero-order chi connectivity index (χ0) is 12.1. The number of aromatic nitrogens is 2. The van der Waals surface area contributed by atoms with E-state index in [2.05, 4.69) is 20.6 Å². The Morgan fingerprint density at radius 3 is 2.82 bits per heavy atom. The van der Waals surface area contributed by atoms with Crippen LogP contribution in [0.1, 0.15) is 19.8 Å². The van der Waals surface area contributed by atoms with E-state index >= 15 is 0 Å². The first-order valence-electron chi connectivity index (χ1n) is 6.01. The molecule has 1 aliphatic rings. The van der Waals surface area contributed by atoms with Gasteiger partial charge < -0.3 is 21.1 Å². The van der Waals surface area contributed by atoms with E-state index in [1.165, 1.54) is 6.33 Å². The Morgan fingerprint density at radius 2 is 2.18 bits per heavy atom. The van der Waals surface area contributed by atoms with Crippen LogP contribution in [0.25, 0.3) is 0 Å². The van der Waals surface area contributed by atoms with Gasteiger partial charge in [0.25, 0.3) is 0 Å². The van der Waals surface area contributed by atoms with Crippen LogP contribution in [0.5, 0.6) is 0 Å². The predicted molar refractivity (Wildman–Crippen MR) is 68.1 cm³/mol. The van der Waals surface area contributed by atoms with Gasteiger partial charge in [0.1, 0.15) is 12.0 Å². The minimum atomic E-state index is 0.270. The van der Waals surface area contributed by atoms with E-state index in [1.807, 2.05) is 6.92 Å². The molecule has 6 nitrogen and oxygen atoms in total. The molecule has 1 unspecified atom stereocenters. The molecule has 1 atom stereocenters. The van der Waals surface area contributed by atoms with E-state index in [0.717, 1.165) is 32.5 Å². The molecule has 1 aromatic rings. The van der Waals surface area contributed by atoms with E-state index in [-0.39, 0.29) is 6.10 Å². The molecule has 94 valence electrons. The first kappa shape index (κ1) is 11.9. The van der Waals surface area contributed by atoms with Gasteiger partial charge in [0.2, 0.25) is 0 Å². The van der Waals surface area contributed by atoms with Crippen molar-refractivity contribution in [1.29, 1.82) is 0 Å². The second-order valence-corrected chi connectivity index (χ2v) is 4.03. The van der Waals surface area contributed by atoms with Crippen LogP contribution in [0.2, 0.25) is 0 Å². The Kier molecular flexibility index (Phi) is 3.98. The number of ether oxygens (including phenoxy) is 1. The number of nitrogens with one attached hydrogen (secondary N) is 2. The molecular formula is C11H19N5O. The van der Waals surface area contributed by atoms with Gasteiger partial charge in [-0.2, -0.15) is 0 Å². The van der Waals surface area contributed by atoms with Crippen molar-refractivity contribution >= 4 is 17.3 Å². The molecule has 0 radical (unpaired) electrons. The van der Waals surface area contributed by atoms with Crippen molar-refractivity contribution in [3.63, 3.8) is 0 Å². The van der Waals surface area contributed by atoms with Crippen molar-refractivity contribution in [2.45, 2.75) is 25.9 Å². The van der Waals surface area contributed by atoms with Crippen molar-refractivity contribution in [2.75, 3.05) is 36.1 Å². The molecule has 1 aromatic heterocycles. The van der Waals surface area contributed by atoms with E-state index in [1.54, 1.807) is 0 Å². The number of hydrogen-bond donors (Lipinski definition) is 3. The van der Waals surface area contributed by atoms with Crippen LogP contribution in [0.3, 0.4) is 0 Å². The van der Waals surface area contributed by atoms with E-state index in [9.17, 15) is 0 Å². The summed E-state index contributed by atoms with van der Waals surface area (Å²) in [6.45, 7) is 4.38. The van der Waals surface area contributed by atoms with Gasteiger partial charge >= 0.3 is 0 Å². The molecular weight excluding hydrogens is 218 g/mol. The zero-order valence-electron chi connectivity index (χ0n) is 10.1. The van der Waals surface area contributed by atoms with Gasteiger partial charge in [-0.25, -0.2) is 9.97 Å². The maximum absolute atomic E-state index is 5.96. The van der Waals surface area contributed by atoms with Gasteiger partial charge in [0.05, 0.1) is 6.10 Å². The Labute approximate surface area is 101 Å². The Hall–Kier alpha value is -1.56. The summed E-state index contributed by atoms with van der Waals surface area (Å²) >= 11 is 0. The first-order chi connectivity index (χ1) is 8.31. The van der Waals surface area contributed by atoms with Gasteiger partial charge in [-0.1, -0.05) is 0 Å². The minimum Gasteiger partial charge on any atom is -0.393 e. The molecule has 17 heavy (non-hydrogen) atoms. The lowest BCUT2D eigenvalue weighted by molar-refractivity contribution is 0.120. The highest BCUT2D eigenvalue weighted by molar-refractivity contribution is 5.73. The molecule has 2 heterocycles. The molecule has 0 spiro atoms. The Bertz CT molecular complexity index is 365. The van der Waals surface area contributed by atoms with Gasteiger partial charge in [-0.3, -0.25) is 0 Å². The lowest BCUT2D eigenvalue weighted by atomic mass is 10.2. The fourth-order valence-corrected chi connectivity index (χ4v) is 1.86. The summed E-state index contributed by atoms with van der Waals surface area (Å²) in [7, 11) is 0. The number of rotatable bonds is 5. The minimum absolute atomic E-state index is 0.270. The third kappa shape index (κ3) is 2.97. The van der Waals surface area contributed by atoms with Crippen molar-refractivity contribution < 1.29 is 4.74 Å². The summed E-state index contributed by atoms with van der Waals surface area (Å²) in [5.41, 5.74) is 6.53. The molecule has 0 aliphatic carbocycles. The van der Waals surface area contributed by atoms with Crippen LogP contribution in [-0.2, 0) is 4.74 Å². The first-order valence-corrected chi connectivity index (χ1v) is 6.01. The summed E-state index contributed by atoms with van der Waals surface area (Å²) in [5.74, 6) is 1.35. The maximum Gasteiger partial charge on any atom is 0.154 e. The Morgan fingerprint density at radius 1 is 1.41 bits per heavy atom. The smallest absolute Gasteiger partial charge is 0.154 e. The summed E-state index contributed by atoms with van der Waals surface area (Å²) in [4.78, 5) is 8.23. The fourth-order valence-electron chi connectivity index (χ4n) is 1.86. The van der Waals surface area contributed by atoms with Crippen LogP contribution < -0.4 is 16.4 Å². The normalized spacial score (nSPS) is 19.2. The van der Waals surface area contributed by atoms with Crippen molar-refractivity contribution in [3.8, 4) is 0 Å². The van der Waals surface area contributed by atoms with Crippen LogP contribution in [0.15, 0.2) is 6.33 Å². The second kappa shape index (κ2) is 5.67. The van der Waals surface area contributed by atoms with Gasteiger partial charge in [0, 0.05) is 19.7 Å². The molecule has 4 N–H and O–H groups in total. The third-order valence-electron chi connectivity index (χ3n) is 2.75. The molecule has 0 amide bonds. The summed E-state index contributed by atoms with van der Waals surface area (Å²) in [6, 6.07) is 0. The highest BCUT2D eigenvalue weighted by atomic mass is 16.5. The highest BCUT2D eigenvalue weighted by Gasteiger charge is 2.16. The molecule has 6 heteroatoms. The largest absolute Gasteiger partial charge is 0.393 e. The van der Waals surface area contributed by atoms with Gasteiger partial charge in [0.15, 0.2) is 11.6 Å². The number of nitrogen functional groups attached to an aromatic ring is 1. The van der Waals surface area contributed by atoms with Crippen LogP contribution in [-0.4, -0.2) is 35.8 Å². The average Bonchev–Trinajstić information content (AvgIpc) is 2.83. The standard InChI is InChI=1S/C11H19N5O/c1-2-13-10-9(12)11(16-7-15-10)14-6-8-4-3-5-17-8/h7-8H,2-6,12H2,1H3,(H2,13,14,15,16). The van der Waals surface area contributed by atoms with E-state index < -0.39 is 0 Å². The van der Waals surface area contributed by atoms with Crippen LogP contribution >= 0.6 is 0 Å². The van der Waals surface area contributed by atoms with Crippen molar-refractivity contribution in [1.82, 2.24) is 9.97 Å². The molecule has 0 saturated carbocycles. The van der Waals surface area contributed by atoms with E-state index in [4.69, 9.17) is 10.5 Å². The lowest BCUT2D eigenvalue weighted by Crippen LogP contribution is -2.20. The number of anilines is 3. The predicted octanol–water partition coefficient (Wildman–Crippen LogP) is 1.08. The lowest BCUT2D eigenvalue weighted by Gasteiger charge is -2.14. The van der Waals surface area contributed by atoms with Gasteiger partial charge in [-0.05, 0) is 19.8 Å². The Balaban J connectivity index is 1.97. The maximum atomic E-state index is 5.96. The zero-order valence-corrected chi connectivity index (χ0v) is 10.1. The third-order valence-corrected chi connectivity index (χ3v) is 2.75. The quantitative estimate of drug-likeness (QED) is 0.710.